The van der Waals surface area contributed by atoms with E-state index in [1.807, 2.05) is 6.92 Å². The average molecular weight is 559 g/mol. The van der Waals surface area contributed by atoms with Crippen LogP contribution in [0.1, 0.15) is 44.9 Å². The summed E-state index contributed by atoms with van der Waals surface area (Å²) in [5, 5.41) is 0. The predicted molar refractivity (Wildman–Crippen MR) is 142 cm³/mol. The van der Waals surface area contributed by atoms with Crippen LogP contribution >= 0.6 is 11.3 Å². The van der Waals surface area contributed by atoms with E-state index in [-0.39, 0.29) is 28.7 Å². The summed E-state index contributed by atoms with van der Waals surface area (Å²) in [5.41, 5.74) is 1.56. The molecular formula is C28H28F2N2O6S. The predicted octanol–water partition coefficient (Wildman–Crippen LogP) is 4.20. The first-order chi connectivity index (χ1) is 18.6. The zero-order valence-electron chi connectivity index (χ0n) is 22.1. The molecule has 39 heavy (non-hydrogen) atoms. The number of ether oxygens (including phenoxy) is 4. The molecule has 2 heterocycles. The summed E-state index contributed by atoms with van der Waals surface area (Å²) in [6, 6.07) is 10.8. The van der Waals surface area contributed by atoms with Crippen molar-refractivity contribution in [2.75, 3.05) is 13.7 Å². The molecule has 0 unspecified atom stereocenters. The lowest BCUT2D eigenvalue weighted by molar-refractivity contribution is -0.143. The smallest absolute Gasteiger partial charge is 0.387 e. The number of benzene rings is 2. The van der Waals surface area contributed by atoms with Gasteiger partial charge in [0.1, 0.15) is 5.75 Å². The van der Waals surface area contributed by atoms with Crippen molar-refractivity contribution in [3.05, 3.63) is 84.5 Å². The van der Waals surface area contributed by atoms with E-state index in [1.54, 1.807) is 57.2 Å². The van der Waals surface area contributed by atoms with Crippen molar-refractivity contribution < 1.29 is 32.5 Å². The number of nitrogens with zero attached hydrogens (tertiary/aromatic N) is 2. The molecule has 206 valence electrons. The molecule has 0 aliphatic carbocycles. The highest BCUT2D eigenvalue weighted by Crippen LogP contribution is 2.32. The third-order valence-electron chi connectivity index (χ3n) is 5.79. The van der Waals surface area contributed by atoms with Crippen LogP contribution in [0, 0.1) is 0 Å². The average Bonchev–Trinajstić information content (AvgIpc) is 3.18. The summed E-state index contributed by atoms with van der Waals surface area (Å²) < 4.78 is 48.0. The van der Waals surface area contributed by atoms with Gasteiger partial charge in [-0.05, 0) is 69.2 Å². The van der Waals surface area contributed by atoms with E-state index >= 15 is 0 Å². The van der Waals surface area contributed by atoms with Gasteiger partial charge in [-0.2, -0.15) is 8.78 Å². The minimum Gasteiger partial charge on any atom is -0.494 e. The molecule has 4 rings (SSSR count). The summed E-state index contributed by atoms with van der Waals surface area (Å²) in [4.78, 5) is 31.9. The van der Waals surface area contributed by atoms with Crippen molar-refractivity contribution >= 4 is 23.4 Å². The van der Waals surface area contributed by atoms with Crippen molar-refractivity contribution in [2.45, 2.75) is 46.5 Å². The van der Waals surface area contributed by atoms with Crippen LogP contribution in [0.3, 0.4) is 0 Å². The Bertz CT molecular complexity index is 1570. The molecule has 1 aliphatic rings. The fourth-order valence-electron chi connectivity index (χ4n) is 4.21. The molecule has 0 radical (unpaired) electrons. The van der Waals surface area contributed by atoms with Crippen molar-refractivity contribution in [3.63, 3.8) is 0 Å². The molecule has 1 aromatic heterocycles. The molecule has 1 aliphatic heterocycles. The zero-order valence-corrected chi connectivity index (χ0v) is 22.9. The molecule has 1 atom stereocenters. The topological polar surface area (TPSA) is 88.4 Å². The summed E-state index contributed by atoms with van der Waals surface area (Å²) in [6.45, 7) is 4.59. The van der Waals surface area contributed by atoms with Crippen molar-refractivity contribution in [1.29, 1.82) is 0 Å². The Labute approximate surface area is 227 Å². The van der Waals surface area contributed by atoms with E-state index in [9.17, 15) is 18.4 Å². The summed E-state index contributed by atoms with van der Waals surface area (Å²) >= 11 is 1.15. The highest BCUT2D eigenvalue weighted by atomic mass is 32.1. The Balaban J connectivity index is 1.86. The van der Waals surface area contributed by atoms with Gasteiger partial charge in [-0.25, -0.2) is 9.79 Å². The van der Waals surface area contributed by atoms with Crippen LogP contribution < -0.4 is 29.1 Å². The second kappa shape index (κ2) is 11.8. The molecule has 0 saturated carbocycles. The zero-order chi connectivity index (χ0) is 28.3. The number of fused-ring (bicyclic) bond motifs is 1. The molecule has 0 fully saturated rings. The van der Waals surface area contributed by atoms with Crippen molar-refractivity contribution in [1.82, 2.24) is 4.57 Å². The Hall–Kier alpha value is -3.99. The van der Waals surface area contributed by atoms with Crippen LogP contribution in [-0.2, 0) is 9.53 Å². The van der Waals surface area contributed by atoms with Gasteiger partial charge in [0.05, 0.1) is 41.7 Å². The maximum atomic E-state index is 13.8. The van der Waals surface area contributed by atoms with Gasteiger partial charge < -0.3 is 18.9 Å². The molecule has 2 aromatic carbocycles. The van der Waals surface area contributed by atoms with E-state index in [1.165, 1.54) is 23.8 Å². The molecule has 0 amide bonds. The summed E-state index contributed by atoms with van der Waals surface area (Å²) in [6.07, 6.45) is 1.24. The Morgan fingerprint density at radius 2 is 1.87 bits per heavy atom. The van der Waals surface area contributed by atoms with Gasteiger partial charge in [-0.1, -0.05) is 29.5 Å². The largest absolute Gasteiger partial charge is 0.494 e. The van der Waals surface area contributed by atoms with Crippen molar-refractivity contribution in [3.8, 4) is 17.2 Å². The number of carbonyl (C=O) groups excluding carboxylic acids is 1. The molecule has 0 saturated heterocycles. The first-order valence-electron chi connectivity index (χ1n) is 12.2. The monoisotopic (exact) mass is 558 g/mol. The van der Waals surface area contributed by atoms with Gasteiger partial charge in [0, 0.05) is 0 Å². The molecular weight excluding hydrogens is 530 g/mol. The number of allylic oxidation sites excluding steroid dienone is 1. The number of thiazole rings is 1. The molecule has 3 aromatic rings. The minimum atomic E-state index is -3.00. The van der Waals surface area contributed by atoms with E-state index in [4.69, 9.17) is 14.2 Å². The Morgan fingerprint density at radius 3 is 2.49 bits per heavy atom. The second-order valence-corrected chi connectivity index (χ2v) is 9.84. The highest BCUT2D eigenvalue weighted by molar-refractivity contribution is 7.07. The van der Waals surface area contributed by atoms with Crippen LogP contribution in [-0.4, -0.2) is 37.0 Å². The third kappa shape index (κ3) is 6.03. The SMILES string of the molecule is CCOc1ccc([C@H]2C(C(=O)OC(C)C)=C(C)N=c3s/c(=C\c4ccc(OC(F)F)c(OC)c4)c(=O)n32)cc1. The van der Waals surface area contributed by atoms with Crippen LogP contribution in [0.5, 0.6) is 17.2 Å². The lowest BCUT2D eigenvalue weighted by Crippen LogP contribution is -2.40. The fraction of sp³-hybridized carbons (Fsp3) is 0.321. The number of methoxy groups -OCH3 is 1. The minimum absolute atomic E-state index is 0.0960. The number of alkyl halides is 2. The first kappa shape index (κ1) is 28.0. The van der Waals surface area contributed by atoms with Crippen LogP contribution in [0.25, 0.3) is 6.08 Å². The standard InChI is InChI=1S/C28H28F2N2O6S/c1-6-36-19-10-8-18(9-11-19)24-23(26(34)37-15(2)3)16(4)31-28-32(24)25(33)22(39-28)14-17-7-12-20(38-27(29)30)21(13-17)35-5/h7-15,24,27H,6H2,1-5H3/b22-14-/t24-/m0/s1. The van der Waals surface area contributed by atoms with E-state index < -0.39 is 18.6 Å². The number of hydrogen-bond acceptors (Lipinski definition) is 8. The lowest BCUT2D eigenvalue weighted by atomic mass is 9.96. The lowest BCUT2D eigenvalue weighted by Gasteiger charge is -2.25. The highest BCUT2D eigenvalue weighted by Gasteiger charge is 2.33. The quantitative estimate of drug-likeness (QED) is 0.366. The molecule has 0 spiro atoms. The molecule has 0 N–H and O–H groups in total. The van der Waals surface area contributed by atoms with Crippen LogP contribution in [0.4, 0.5) is 8.78 Å². The van der Waals surface area contributed by atoms with Gasteiger partial charge >= 0.3 is 12.6 Å². The number of hydrogen-bond donors (Lipinski definition) is 0. The maximum Gasteiger partial charge on any atom is 0.387 e. The number of aromatic nitrogens is 1. The summed E-state index contributed by atoms with van der Waals surface area (Å²) in [5.74, 6) is 0.0804. The van der Waals surface area contributed by atoms with Gasteiger partial charge in [0.2, 0.25) is 0 Å². The van der Waals surface area contributed by atoms with E-state index in [0.717, 1.165) is 11.3 Å². The van der Waals surface area contributed by atoms with Gasteiger partial charge in [0.15, 0.2) is 16.3 Å². The number of rotatable bonds is 9. The summed E-state index contributed by atoms with van der Waals surface area (Å²) in [7, 11) is 1.34. The molecule has 0 bridgehead atoms. The van der Waals surface area contributed by atoms with Gasteiger partial charge in [-0.15, -0.1) is 0 Å². The third-order valence-corrected chi connectivity index (χ3v) is 6.78. The molecule has 11 heteroatoms. The molecule has 8 nitrogen and oxygen atoms in total. The number of halogens is 2. The van der Waals surface area contributed by atoms with E-state index in [0.29, 0.717) is 38.5 Å². The van der Waals surface area contributed by atoms with Crippen molar-refractivity contribution in [2.24, 2.45) is 4.99 Å². The van der Waals surface area contributed by atoms with Crippen LogP contribution in [0.2, 0.25) is 0 Å². The fourth-order valence-corrected chi connectivity index (χ4v) is 5.25. The normalized spacial score (nSPS) is 15.3. The number of carbonyl (C=O) groups is 1. The Morgan fingerprint density at radius 1 is 1.15 bits per heavy atom. The second-order valence-electron chi connectivity index (χ2n) is 8.83. The maximum absolute atomic E-state index is 13.8. The Kier molecular flexibility index (Phi) is 8.49. The van der Waals surface area contributed by atoms with Gasteiger partial charge in [-0.3, -0.25) is 9.36 Å². The van der Waals surface area contributed by atoms with E-state index in [2.05, 4.69) is 9.73 Å². The van der Waals surface area contributed by atoms with Crippen LogP contribution in [0.15, 0.2) is 63.5 Å². The first-order valence-corrected chi connectivity index (χ1v) is 13.0. The van der Waals surface area contributed by atoms with Gasteiger partial charge in [0.25, 0.3) is 5.56 Å². The number of esters is 1.